The highest BCUT2D eigenvalue weighted by atomic mass is 19.1. The Morgan fingerprint density at radius 3 is 2.62 bits per heavy atom. The quantitative estimate of drug-likeness (QED) is 0.688. The van der Waals surface area contributed by atoms with E-state index in [1.54, 1.807) is 14.0 Å². The normalized spacial score (nSPS) is 10.3. The molecule has 21 heavy (non-hydrogen) atoms. The largest absolute Gasteiger partial charge is 0.433 e. The molecule has 0 aliphatic carbocycles. The van der Waals surface area contributed by atoms with Gasteiger partial charge in [0.25, 0.3) is 0 Å². The van der Waals surface area contributed by atoms with Gasteiger partial charge in [-0.15, -0.1) is 0 Å². The lowest BCUT2D eigenvalue weighted by Gasteiger charge is -2.10. The van der Waals surface area contributed by atoms with Crippen molar-refractivity contribution in [2.75, 3.05) is 12.4 Å². The SMILES string of the molecule is CNc1nc(C)c([N+](=O)[O-])c(Oc2ccc(F)cc2C)n1. The molecular weight excluding hydrogens is 279 g/mol. The van der Waals surface area contributed by atoms with E-state index in [1.165, 1.54) is 25.1 Å². The maximum Gasteiger partial charge on any atom is 0.352 e. The summed E-state index contributed by atoms with van der Waals surface area (Å²) in [4.78, 5) is 18.4. The van der Waals surface area contributed by atoms with Crippen molar-refractivity contribution in [3.63, 3.8) is 0 Å². The summed E-state index contributed by atoms with van der Waals surface area (Å²) in [6, 6.07) is 3.88. The van der Waals surface area contributed by atoms with Crippen molar-refractivity contribution < 1.29 is 14.1 Å². The van der Waals surface area contributed by atoms with Gasteiger partial charge in [-0.05, 0) is 37.6 Å². The summed E-state index contributed by atoms with van der Waals surface area (Å²) in [5.41, 5.74) is 0.360. The molecule has 2 aromatic rings. The van der Waals surface area contributed by atoms with Crippen LogP contribution in [0, 0.1) is 29.8 Å². The van der Waals surface area contributed by atoms with Crippen molar-refractivity contribution >= 4 is 11.6 Å². The Morgan fingerprint density at radius 2 is 2.05 bits per heavy atom. The number of rotatable bonds is 4. The monoisotopic (exact) mass is 292 g/mol. The van der Waals surface area contributed by atoms with Crippen LogP contribution in [0.1, 0.15) is 11.3 Å². The fourth-order valence-corrected chi connectivity index (χ4v) is 1.77. The van der Waals surface area contributed by atoms with Gasteiger partial charge in [0.1, 0.15) is 17.3 Å². The molecule has 0 fully saturated rings. The van der Waals surface area contributed by atoms with Gasteiger partial charge in [-0.2, -0.15) is 4.98 Å². The second kappa shape index (κ2) is 5.70. The number of nitro groups is 1. The fraction of sp³-hybridized carbons (Fsp3) is 0.231. The van der Waals surface area contributed by atoms with Gasteiger partial charge in [0.15, 0.2) is 0 Å². The highest BCUT2D eigenvalue weighted by Gasteiger charge is 2.24. The van der Waals surface area contributed by atoms with E-state index in [-0.39, 0.29) is 23.2 Å². The molecule has 1 aromatic carbocycles. The van der Waals surface area contributed by atoms with Crippen LogP contribution in [-0.2, 0) is 0 Å². The average molecular weight is 292 g/mol. The number of hydrogen-bond donors (Lipinski definition) is 1. The van der Waals surface area contributed by atoms with Crippen molar-refractivity contribution in [1.82, 2.24) is 9.97 Å². The van der Waals surface area contributed by atoms with E-state index in [4.69, 9.17) is 4.74 Å². The van der Waals surface area contributed by atoms with E-state index in [9.17, 15) is 14.5 Å². The third-order valence-electron chi connectivity index (χ3n) is 2.78. The van der Waals surface area contributed by atoms with Crippen LogP contribution in [0.3, 0.4) is 0 Å². The zero-order valence-electron chi connectivity index (χ0n) is 11.7. The summed E-state index contributed by atoms with van der Waals surface area (Å²) < 4.78 is 18.6. The Balaban J connectivity index is 2.51. The number of anilines is 1. The van der Waals surface area contributed by atoms with Gasteiger partial charge in [0, 0.05) is 7.05 Å². The van der Waals surface area contributed by atoms with E-state index in [1.807, 2.05) is 0 Å². The van der Waals surface area contributed by atoms with Crippen molar-refractivity contribution in [3.05, 3.63) is 45.4 Å². The number of hydrogen-bond acceptors (Lipinski definition) is 6. The van der Waals surface area contributed by atoms with Gasteiger partial charge in [-0.25, -0.2) is 9.37 Å². The molecular formula is C13H13FN4O3. The number of nitrogens with one attached hydrogen (secondary N) is 1. The second-order valence-electron chi connectivity index (χ2n) is 4.31. The van der Waals surface area contributed by atoms with Gasteiger partial charge in [0.05, 0.1) is 4.92 Å². The third-order valence-corrected chi connectivity index (χ3v) is 2.78. The molecule has 1 heterocycles. The van der Waals surface area contributed by atoms with Gasteiger partial charge in [-0.1, -0.05) is 0 Å². The van der Waals surface area contributed by atoms with E-state index < -0.39 is 10.7 Å². The summed E-state index contributed by atoms with van der Waals surface area (Å²) in [6.45, 7) is 3.13. The molecule has 0 radical (unpaired) electrons. The Kier molecular flexibility index (Phi) is 3.97. The Labute approximate surface area is 120 Å². The van der Waals surface area contributed by atoms with Crippen LogP contribution < -0.4 is 10.1 Å². The molecule has 2 rings (SSSR count). The first-order valence-electron chi connectivity index (χ1n) is 6.07. The van der Waals surface area contributed by atoms with E-state index >= 15 is 0 Å². The van der Waals surface area contributed by atoms with Crippen molar-refractivity contribution in [3.8, 4) is 11.6 Å². The molecule has 7 nitrogen and oxygen atoms in total. The van der Waals surface area contributed by atoms with Gasteiger partial charge in [0.2, 0.25) is 5.95 Å². The minimum Gasteiger partial charge on any atom is -0.433 e. The Hall–Kier alpha value is -2.77. The van der Waals surface area contributed by atoms with Crippen molar-refractivity contribution in [2.45, 2.75) is 13.8 Å². The first-order chi connectivity index (χ1) is 9.92. The van der Waals surface area contributed by atoms with Gasteiger partial charge >= 0.3 is 11.6 Å². The number of aromatic nitrogens is 2. The van der Waals surface area contributed by atoms with Crippen LogP contribution >= 0.6 is 0 Å². The summed E-state index contributed by atoms with van der Waals surface area (Å²) in [7, 11) is 1.59. The Morgan fingerprint density at radius 1 is 1.33 bits per heavy atom. The molecule has 110 valence electrons. The fourth-order valence-electron chi connectivity index (χ4n) is 1.77. The molecule has 0 saturated carbocycles. The maximum absolute atomic E-state index is 13.1. The topological polar surface area (TPSA) is 90.2 Å². The average Bonchev–Trinajstić information content (AvgIpc) is 2.40. The van der Waals surface area contributed by atoms with Gasteiger partial charge in [-0.3, -0.25) is 10.1 Å². The maximum atomic E-state index is 13.1. The van der Waals surface area contributed by atoms with Crippen LogP contribution in [-0.4, -0.2) is 21.9 Å². The first-order valence-corrected chi connectivity index (χ1v) is 6.07. The van der Waals surface area contributed by atoms with Crippen LogP contribution in [0.4, 0.5) is 16.0 Å². The molecule has 0 amide bonds. The van der Waals surface area contributed by atoms with Crippen molar-refractivity contribution in [2.24, 2.45) is 0 Å². The van der Waals surface area contributed by atoms with Crippen LogP contribution in [0.2, 0.25) is 0 Å². The summed E-state index contributed by atoms with van der Waals surface area (Å²) >= 11 is 0. The second-order valence-corrected chi connectivity index (χ2v) is 4.31. The van der Waals surface area contributed by atoms with Crippen LogP contribution in [0.25, 0.3) is 0 Å². The zero-order chi connectivity index (χ0) is 15.6. The minimum absolute atomic E-state index is 0.175. The lowest BCUT2D eigenvalue weighted by atomic mass is 10.2. The molecule has 0 aliphatic rings. The lowest BCUT2D eigenvalue weighted by molar-refractivity contribution is -0.386. The summed E-state index contributed by atoms with van der Waals surface area (Å²) in [6.07, 6.45) is 0. The molecule has 0 aliphatic heterocycles. The summed E-state index contributed by atoms with van der Waals surface area (Å²) in [5.74, 6) is -0.108. The molecule has 1 N–H and O–H groups in total. The molecule has 0 bridgehead atoms. The zero-order valence-corrected chi connectivity index (χ0v) is 11.7. The number of ether oxygens (including phenoxy) is 1. The molecule has 0 spiro atoms. The van der Waals surface area contributed by atoms with E-state index in [2.05, 4.69) is 15.3 Å². The number of halogens is 1. The van der Waals surface area contributed by atoms with E-state index in [0.29, 0.717) is 11.3 Å². The van der Waals surface area contributed by atoms with Gasteiger partial charge < -0.3 is 10.1 Å². The molecule has 0 unspecified atom stereocenters. The predicted octanol–water partition coefficient (Wildman–Crippen LogP) is 2.97. The minimum atomic E-state index is -0.608. The first kappa shape index (κ1) is 14.6. The van der Waals surface area contributed by atoms with Crippen LogP contribution in [0.5, 0.6) is 11.6 Å². The van der Waals surface area contributed by atoms with E-state index in [0.717, 1.165) is 0 Å². The smallest absolute Gasteiger partial charge is 0.352 e. The third kappa shape index (κ3) is 3.04. The molecule has 0 saturated heterocycles. The number of nitrogens with zero attached hydrogens (tertiary/aromatic N) is 3. The predicted molar refractivity (Wildman–Crippen MR) is 74.2 cm³/mol. The number of aryl methyl sites for hydroxylation is 2. The van der Waals surface area contributed by atoms with Crippen LogP contribution in [0.15, 0.2) is 18.2 Å². The lowest BCUT2D eigenvalue weighted by Crippen LogP contribution is -2.05. The standard InChI is InChI=1S/C13H13FN4O3/c1-7-6-9(14)4-5-10(7)21-12-11(18(19)20)8(2)16-13(15-3)17-12/h4-6H,1-3H3,(H,15,16,17). The van der Waals surface area contributed by atoms with Crippen molar-refractivity contribution in [1.29, 1.82) is 0 Å². The number of benzene rings is 1. The molecule has 1 aromatic heterocycles. The Bertz CT molecular complexity index is 706. The highest BCUT2D eigenvalue weighted by molar-refractivity contribution is 5.51. The molecule has 0 atom stereocenters. The molecule has 8 heteroatoms. The highest BCUT2D eigenvalue weighted by Crippen LogP contribution is 2.33. The summed E-state index contributed by atoms with van der Waals surface area (Å²) in [5, 5.41) is 13.8.